The fraction of sp³-hybridized carbons (Fsp3) is 0.438. The van der Waals surface area contributed by atoms with Gasteiger partial charge in [0, 0.05) is 0 Å². The van der Waals surface area contributed by atoms with Gasteiger partial charge in [-0.2, -0.15) is 0 Å². The average molecular weight is 382 g/mol. The molecule has 1 amide bonds. The van der Waals surface area contributed by atoms with E-state index >= 15 is 0 Å². The Labute approximate surface area is 179 Å². The van der Waals surface area contributed by atoms with E-state index in [1.165, 1.54) is 4.90 Å². The minimum atomic E-state index is -0.459. The second-order valence-corrected chi connectivity index (χ2v) is 5.87. The maximum Gasteiger partial charge on any atom is 1.00 e. The minimum absolute atomic E-state index is 0. The van der Waals surface area contributed by atoms with Crippen LogP contribution >= 0.6 is 15.9 Å². The molecule has 0 radical (unpaired) electrons. The smallest absolute Gasteiger partial charge is 0.942 e. The van der Waals surface area contributed by atoms with E-state index < -0.39 is 5.60 Å². The van der Waals surface area contributed by atoms with Crippen LogP contribution in [0.15, 0.2) is 15.6 Å². The third-order valence-corrected chi connectivity index (χ3v) is 2.20. The molecule has 0 saturated heterocycles. The van der Waals surface area contributed by atoms with Crippen LogP contribution in [0.4, 0.5) is 4.79 Å². The number of allylic oxidation sites excluding steroid dienone is 2. The summed E-state index contributed by atoms with van der Waals surface area (Å²) in [7, 11) is 0. The molecule has 0 spiro atoms. The summed E-state index contributed by atoms with van der Waals surface area (Å²) in [6, 6.07) is -0.118. The van der Waals surface area contributed by atoms with Gasteiger partial charge in [-0.15, -0.1) is 22.5 Å². The number of hydrogen-bond acceptors (Lipinski definition) is 3. The van der Waals surface area contributed by atoms with E-state index in [9.17, 15) is 4.79 Å². The topological polar surface area (TPSA) is 64.2 Å². The first-order chi connectivity index (χ1) is 10.1. The standard InChI is InChI=1S/C10H19NO2.C6H3BrN2.2Li/c1-7-11(8(2)3)9(12)13-10(4,5)6;1-2-3-9-5-6(7)4-8;;/h8H,1-2,7H2,3-6H3;1-2,4H;;/q-2;-4;2*+1/t8-;;;/m0.../s1. The Bertz CT molecular complexity index is 420. The van der Waals surface area contributed by atoms with Gasteiger partial charge in [-0.05, 0) is 20.8 Å². The van der Waals surface area contributed by atoms with E-state index in [1.807, 2.05) is 27.7 Å². The average Bonchev–Trinajstić information content (AvgIpc) is 2.37. The molecule has 0 aromatic rings. The second kappa shape index (κ2) is 17.6. The summed E-state index contributed by atoms with van der Waals surface area (Å²) in [6.45, 7) is 20.0. The van der Waals surface area contributed by atoms with Crippen LogP contribution < -0.4 is 37.7 Å². The number of amides is 1. The van der Waals surface area contributed by atoms with Gasteiger partial charge >= 0.3 is 43.8 Å². The molecule has 0 fully saturated rings. The molecule has 8 heteroatoms. The molecule has 24 heavy (non-hydrogen) atoms. The third kappa shape index (κ3) is 19.8. The second-order valence-electron chi connectivity index (χ2n) is 5.02. The largest absolute Gasteiger partial charge is 1.00 e. The Hall–Kier alpha value is -0.235. The molecule has 0 aromatic carbocycles. The molecular weight excluding hydrogens is 360 g/mol. The molecule has 5 nitrogen and oxygen atoms in total. The monoisotopic (exact) mass is 381 g/mol. The molecule has 1 atom stereocenters. The summed E-state index contributed by atoms with van der Waals surface area (Å²) < 4.78 is 5.50. The summed E-state index contributed by atoms with van der Waals surface area (Å²) in [4.78, 5) is 16.3. The third-order valence-electron chi connectivity index (χ3n) is 1.82. The van der Waals surface area contributed by atoms with Crippen molar-refractivity contribution in [2.45, 2.75) is 39.3 Å². The molecule has 0 aliphatic rings. The maximum atomic E-state index is 11.5. The van der Waals surface area contributed by atoms with E-state index in [0.717, 1.165) is 12.3 Å². The zero-order valence-electron chi connectivity index (χ0n) is 15.5. The quantitative estimate of drug-likeness (QED) is 0.311. The predicted molar refractivity (Wildman–Crippen MR) is 94.5 cm³/mol. The molecule has 0 heterocycles. The minimum Gasteiger partial charge on any atom is -0.942 e. The van der Waals surface area contributed by atoms with Crippen molar-refractivity contribution in [1.29, 1.82) is 0 Å². The van der Waals surface area contributed by atoms with E-state index in [4.69, 9.17) is 16.7 Å². The molecule has 0 aromatic heterocycles. The van der Waals surface area contributed by atoms with E-state index in [2.05, 4.69) is 47.2 Å². The Morgan fingerprint density at radius 2 is 2.00 bits per heavy atom. The number of carbonyl (C=O) groups is 1. The molecule has 0 saturated carbocycles. The summed E-state index contributed by atoms with van der Waals surface area (Å²) in [6.07, 6.45) is 6.27. The van der Waals surface area contributed by atoms with Crippen molar-refractivity contribution in [1.82, 2.24) is 4.90 Å². The van der Waals surface area contributed by atoms with Gasteiger partial charge in [0.15, 0.2) is 0 Å². The van der Waals surface area contributed by atoms with Crippen molar-refractivity contribution in [2.24, 2.45) is 4.99 Å². The van der Waals surface area contributed by atoms with E-state index in [0.29, 0.717) is 11.0 Å². The van der Waals surface area contributed by atoms with Gasteiger partial charge in [0.1, 0.15) is 5.60 Å². The normalized spacial score (nSPS) is 11.9. The van der Waals surface area contributed by atoms with Crippen LogP contribution in [-0.2, 0) is 4.74 Å². The molecule has 0 aliphatic carbocycles. The van der Waals surface area contributed by atoms with Gasteiger partial charge in [0.2, 0.25) is 0 Å². The van der Waals surface area contributed by atoms with Gasteiger partial charge < -0.3 is 52.8 Å². The van der Waals surface area contributed by atoms with Crippen molar-refractivity contribution in [3.8, 4) is 0 Å². The van der Waals surface area contributed by atoms with Crippen molar-refractivity contribution < 1.29 is 47.3 Å². The number of hydrogen-bond donors (Lipinski definition) is 0. The molecule has 0 rings (SSSR count). The van der Waals surface area contributed by atoms with Gasteiger partial charge in [0.25, 0.3) is 0 Å². The van der Waals surface area contributed by atoms with Gasteiger partial charge in [0.05, 0.1) is 0 Å². The Balaban J connectivity index is -0.000000162. The van der Waals surface area contributed by atoms with Crippen molar-refractivity contribution in [2.75, 3.05) is 6.54 Å². The number of aliphatic imine (C=N–C) groups is 1. The first kappa shape index (κ1) is 31.5. The molecule has 0 aliphatic heterocycles. The van der Waals surface area contributed by atoms with Crippen molar-refractivity contribution in [3.63, 3.8) is 0 Å². The number of carbonyl (C=O) groups excluding carboxylic acids is 1. The fourth-order valence-corrected chi connectivity index (χ4v) is 1.05. The van der Waals surface area contributed by atoms with E-state index in [1.54, 1.807) is 0 Å². The van der Waals surface area contributed by atoms with Crippen molar-refractivity contribution >= 4 is 34.5 Å². The molecular formula is C16H22BrLi2N3O2-4. The number of halogens is 1. The number of ether oxygens (including phenoxy) is 1. The van der Waals surface area contributed by atoms with Crippen LogP contribution in [0.3, 0.4) is 0 Å². The zero-order valence-corrected chi connectivity index (χ0v) is 17.1. The van der Waals surface area contributed by atoms with Crippen LogP contribution in [0.1, 0.15) is 27.7 Å². The first-order valence-corrected chi connectivity index (χ1v) is 7.24. The summed E-state index contributed by atoms with van der Waals surface area (Å²) in [5.74, 6) is 0. The van der Waals surface area contributed by atoms with Gasteiger partial charge in [-0.3, -0.25) is 6.21 Å². The summed E-state index contributed by atoms with van der Waals surface area (Å²) in [5, 5.41) is 8.23. The van der Waals surface area contributed by atoms with Crippen LogP contribution in [0.5, 0.6) is 0 Å². The molecule has 0 N–H and O–H groups in total. The molecule has 126 valence electrons. The Morgan fingerprint density at radius 1 is 1.50 bits per heavy atom. The van der Waals surface area contributed by atoms with Gasteiger partial charge in [-0.1, -0.05) is 13.0 Å². The SMILES string of the molecule is [CH-]=C[C-]=N[C-]=C(Br)C=[N-].[CH2-]CN(C(=O)OC(C)(C)C)[C@@H]([CH2-])C.[Li+].[Li+]. The molecule has 0 unspecified atom stereocenters. The summed E-state index contributed by atoms with van der Waals surface area (Å²) >= 11 is 2.92. The predicted octanol–water partition coefficient (Wildman–Crippen LogP) is -2.11. The Morgan fingerprint density at radius 3 is 2.29 bits per heavy atom. The van der Waals surface area contributed by atoms with Crippen LogP contribution in [0.2, 0.25) is 0 Å². The molecule has 0 bridgehead atoms. The maximum absolute atomic E-state index is 11.5. The summed E-state index contributed by atoms with van der Waals surface area (Å²) in [5.41, 5.74) is -0.459. The Kier molecular flexibility index (Phi) is 23.1. The zero-order chi connectivity index (χ0) is 17.8. The van der Waals surface area contributed by atoms with Crippen LogP contribution in [0, 0.1) is 26.6 Å². The van der Waals surface area contributed by atoms with Gasteiger partial charge in [-0.25, -0.2) is 15.5 Å². The first-order valence-electron chi connectivity index (χ1n) is 6.45. The van der Waals surface area contributed by atoms with E-state index in [-0.39, 0.29) is 49.9 Å². The van der Waals surface area contributed by atoms with Crippen molar-refractivity contribution in [3.05, 3.63) is 42.6 Å². The number of nitrogens with zero attached hydrogens (tertiary/aromatic N) is 3. The fourth-order valence-electron chi connectivity index (χ4n) is 0.964. The van der Waals surface area contributed by atoms with Crippen LogP contribution in [0.25, 0.3) is 5.41 Å². The van der Waals surface area contributed by atoms with Crippen LogP contribution in [-0.4, -0.2) is 41.6 Å². The number of rotatable bonds is 5.